The molecule has 0 saturated heterocycles. The Morgan fingerprint density at radius 1 is 0.305 bits per heavy atom. The highest BCUT2D eigenvalue weighted by Gasteiger charge is 2.17. The lowest BCUT2D eigenvalue weighted by Gasteiger charge is -2.09. The molecule has 59 heavy (non-hydrogen) atoms. The maximum absolute atomic E-state index is 4.98. The molecule has 0 fully saturated rings. The van der Waals surface area contributed by atoms with Gasteiger partial charge in [-0.15, -0.1) is 0 Å². The van der Waals surface area contributed by atoms with Crippen molar-refractivity contribution in [1.29, 1.82) is 0 Å². The maximum Gasteiger partial charge on any atom is 0.164 e. The number of aromatic nitrogens is 7. The molecule has 3 heterocycles. The topological polar surface area (TPSA) is 82.3 Å². The van der Waals surface area contributed by atoms with Crippen molar-refractivity contribution < 1.29 is 0 Å². The number of benzene rings is 7. The molecule has 0 unspecified atom stereocenters. The molecule has 7 heteroatoms. The van der Waals surface area contributed by atoms with Crippen molar-refractivity contribution in [3.05, 3.63) is 194 Å². The molecule has 0 amide bonds. The molecule has 10 aromatic rings. The number of rotatable bonds is 6. The van der Waals surface area contributed by atoms with Gasteiger partial charge in [-0.1, -0.05) is 171 Å². The van der Waals surface area contributed by atoms with Gasteiger partial charge in [0, 0.05) is 62.2 Å². The molecule has 10 rings (SSSR count). The molecule has 0 N–H and O–H groups in total. The van der Waals surface area contributed by atoms with Crippen molar-refractivity contribution in [2.24, 2.45) is 7.05 Å². The van der Waals surface area contributed by atoms with Gasteiger partial charge in [0.1, 0.15) is 0 Å². The van der Waals surface area contributed by atoms with Crippen LogP contribution in [0.3, 0.4) is 0 Å². The summed E-state index contributed by atoms with van der Waals surface area (Å²) < 4.78 is 2.22. The summed E-state index contributed by atoms with van der Waals surface area (Å²) in [5, 5.41) is 2.18. The van der Waals surface area contributed by atoms with Gasteiger partial charge < -0.3 is 4.57 Å². The Bertz CT molecular complexity index is 2650. The van der Waals surface area contributed by atoms with Crippen LogP contribution in [0.15, 0.2) is 188 Å². The molecule has 0 aliphatic carbocycles. The summed E-state index contributed by atoms with van der Waals surface area (Å²) in [6, 6.07) is 63.2. The minimum absolute atomic E-state index is 0.616. The van der Waals surface area contributed by atoms with Gasteiger partial charge in [0.2, 0.25) is 0 Å². The van der Waals surface area contributed by atoms with Crippen molar-refractivity contribution in [1.82, 2.24) is 34.5 Å². The second-order valence-electron chi connectivity index (χ2n) is 13.8. The Kier molecular flexibility index (Phi) is 11.4. The fraction of sp³-hybridized carbons (Fsp3) is 0.0769. The zero-order valence-corrected chi connectivity index (χ0v) is 33.5. The smallest absolute Gasteiger partial charge is 0.164 e. The van der Waals surface area contributed by atoms with E-state index in [0.29, 0.717) is 34.9 Å². The number of fused-ring (bicyclic) bond motifs is 3. The molecular weight excluding hydrogens is 723 g/mol. The zero-order valence-electron chi connectivity index (χ0n) is 33.5. The van der Waals surface area contributed by atoms with Crippen LogP contribution in [0.25, 0.3) is 90.1 Å². The first-order chi connectivity index (χ1) is 29.1. The van der Waals surface area contributed by atoms with Gasteiger partial charge >= 0.3 is 0 Å². The number of hydrogen-bond donors (Lipinski definition) is 0. The standard InChI is InChI=1S/C43H29N7.C7H8.C2H6/c1-50-36-24-22-32(42-46-38(28-14-6-2-7-15-28)44-39(47-42)29-16-8-3-9-17-29)26-34(36)35-27-33(23-25-37(35)50)43-48-40(30-18-10-4-11-19-30)45-41(49-43)31-20-12-5-13-21-31;1-7-5-3-2-4-6-7;1-2/h2-27H,1H3;2-6H,1H3;1-2H3. The van der Waals surface area contributed by atoms with E-state index in [1.807, 2.05) is 153 Å². The summed E-state index contributed by atoms with van der Waals surface area (Å²) in [5.41, 5.74) is 9.09. The lowest BCUT2D eigenvalue weighted by molar-refractivity contribution is 1.01. The Morgan fingerprint density at radius 3 is 0.814 bits per heavy atom. The Balaban J connectivity index is 0.000000484. The molecule has 0 saturated carbocycles. The number of hydrogen-bond acceptors (Lipinski definition) is 6. The van der Waals surface area contributed by atoms with Gasteiger partial charge in [-0.05, 0) is 43.3 Å². The van der Waals surface area contributed by atoms with Gasteiger partial charge in [0.15, 0.2) is 34.9 Å². The first-order valence-corrected chi connectivity index (χ1v) is 19.9. The molecule has 7 aromatic carbocycles. The molecule has 0 atom stereocenters. The quantitative estimate of drug-likeness (QED) is 0.168. The fourth-order valence-electron chi connectivity index (χ4n) is 6.91. The van der Waals surface area contributed by atoms with Crippen LogP contribution in [0.4, 0.5) is 0 Å². The highest BCUT2D eigenvalue weighted by atomic mass is 15.0. The SMILES string of the molecule is CC.Cc1ccccc1.Cn1c2ccc(-c3nc(-c4ccccc4)nc(-c4ccccc4)n3)cc2c2cc(-c3nc(-c4ccccc4)nc(-c4ccccc4)n3)ccc21. The molecule has 0 aliphatic rings. The van der Waals surface area contributed by atoms with Crippen LogP contribution in [0.1, 0.15) is 19.4 Å². The van der Waals surface area contributed by atoms with Gasteiger partial charge in [0.05, 0.1) is 0 Å². The lowest BCUT2D eigenvalue weighted by Crippen LogP contribution is -2.00. The molecule has 0 aliphatic heterocycles. The zero-order chi connectivity index (χ0) is 40.6. The largest absolute Gasteiger partial charge is 0.344 e. The van der Waals surface area contributed by atoms with Crippen molar-refractivity contribution in [2.45, 2.75) is 20.8 Å². The third-order valence-electron chi connectivity index (χ3n) is 9.86. The highest BCUT2D eigenvalue weighted by molar-refractivity contribution is 6.10. The highest BCUT2D eigenvalue weighted by Crippen LogP contribution is 2.35. The lowest BCUT2D eigenvalue weighted by atomic mass is 10.1. The molecule has 0 bridgehead atoms. The molecule has 0 radical (unpaired) electrons. The van der Waals surface area contributed by atoms with Crippen LogP contribution in [-0.4, -0.2) is 34.5 Å². The number of nitrogens with zero attached hydrogens (tertiary/aromatic N) is 7. The Morgan fingerprint density at radius 2 is 0.559 bits per heavy atom. The second kappa shape index (κ2) is 17.7. The molecule has 7 nitrogen and oxygen atoms in total. The van der Waals surface area contributed by atoms with E-state index in [-0.39, 0.29) is 0 Å². The summed E-state index contributed by atoms with van der Waals surface area (Å²) in [6.07, 6.45) is 0. The van der Waals surface area contributed by atoms with E-state index in [0.717, 1.165) is 55.2 Å². The molecule has 0 spiro atoms. The Labute approximate surface area is 344 Å². The van der Waals surface area contributed by atoms with Gasteiger partial charge in [0.25, 0.3) is 0 Å². The summed E-state index contributed by atoms with van der Waals surface area (Å²) in [6.45, 7) is 6.08. The Hall–Kier alpha value is -7.64. The fourth-order valence-corrected chi connectivity index (χ4v) is 6.91. The van der Waals surface area contributed by atoms with E-state index < -0.39 is 0 Å². The first kappa shape index (κ1) is 38.2. The third-order valence-corrected chi connectivity index (χ3v) is 9.86. The molecule has 3 aromatic heterocycles. The van der Waals surface area contributed by atoms with E-state index in [9.17, 15) is 0 Å². The second-order valence-corrected chi connectivity index (χ2v) is 13.8. The summed E-state index contributed by atoms with van der Waals surface area (Å²) in [7, 11) is 2.10. The van der Waals surface area contributed by atoms with Crippen LogP contribution in [0, 0.1) is 6.92 Å². The van der Waals surface area contributed by atoms with E-state index in [4.69, 9.17) is 29.9 Å². The first-order valence-electron chi connectivity index (χ1n) is 19.9. The van der Waals surface area contributed by atoms with Crippen LogP contribution in [0.2, 0.25) is 0 Å². The predicted molar refractivity (Wildman–Crippen MR) is 242 cm³/mol. The van der Waals surface area contributed by atoms with Crippen molar-refractivity contribution >= 4 is 21.8 Å². The van der Waals surface area contributed by atoms with E-state index >= 15 is 0 Å². The van der Waals surface area contributed by atoms with Gasteiger partial charge in [-0.2, -0.15) is 0 Å². The predicted octanol–water partition coefficient (Wildman–Crippen LogP) is 12.7. The maximum atomic E-state index is 4.98. The summed E-state index contributed by atoms with van der Waals surface area (Å²) >= 11 is 0. The van der Waals surface area contributed by atoms with Crippen LogP contribution >= 0.6 is 0 Å². The molecule has 286 valence electrons. The summed E-state index contributed by atoms with van der Waals surface area (Å²) in [5.74, 6) is 3.76. The van der Waals surface area contributed by atoms with E-state index in [2.05, 4.69) is 67.1 Å². The van der Waals surface area contributed by atoms with E-state index in [1.54, 1.807) is 0 Å². The summed E-state index contributed by atoms with van der Waals surface area (Å²) in [4.78, 5) is 29.7. The average molecular weight is 766 g/mol. The van der Waals surface area contributed by atoms with Crippen molar-refractivity contribution in [2.75, 3.05) is 0 Å². The van der Waals surface area contributed by atoms with Crippen LogP contribution < -0.4 is 0 Å². The van der Waals surface area contributed by atoms with Gasteiger partial charge in [-0.3, -0.25) is 0 Å². The van der Waals surface area contributed by atoms with Crippen molar-refractivity contribution in [3.8, 4) is 68.3 Å². The third kappa shape index (κ3) is 8.41. The number of aryl methyl sites for hydroxylation is 2. The molecular formula is C52H43N7. The van der Waals surface area contributed by atoms with Crippen molar-refractivity contribution in [3.63, 3.8) is 0 Å². The average Bonchev–Trinajstić information content (AvgIpc) is 3.60. The van der Waals surface area contributed by atoms with Crippen LogP contribution in [-0.2, 0) is 7.05 Å². The minimum Gasteiger partial charge on any atom is -0.344 e. The minimum atomic E-state index is 0.616. The van der Waals surface area contributed by atoms with Gasteiger partial charge in [-0.25, -0.2) is 29.9 Å². The van der Waals surface area contributed by atoms with E-state index in [1.165, 1.54) is 5.56 Å². The van der Waals surface area contributed by atoms with Crippen LogP contribution in [0.5, 0.6) is 0 Å². The normalized spacial score (nSPS) is 10.7. The monoisotopic (exact) mass is 765 g/mol.